The Morgan fingerprint density at radius 3 is 2.14 bits per heavy atom. The molecular formula is C15H14N2O4S. The van der Waals surface area contributed by atoms with Gasteiger partial charge in [-0.3, -0.25) is 14.3 Å². The van der Waals surface area contributed by atoms with Gasteiger partial charge in [-0.1, -0.05) is 30.3 Å². The second-order valence-electron chi connectivity index (χ2n) is 4.37. The van der Waals surface area contributed by atoms with Crippen molar-refractivity contribution < 1.29 is 18.0 Å². The first-order valence-electron chi connectivity index (χ1n) is 6.39. The molecule has 0 heterocycles. The number of Topliss-reactive ketones (excluding diaryl/α,β-unsaturated/α-hetero) is 1. The number of likely N-dealkylation sites (N-methyl/N-ethyl adjacent to an activating group) is 1. The third kappa shape index (κ3) is 3.32. The van der Waals surface area contributed by atoms with Gasteiger partial charge in [-0.2, -0.15) is 0 Å². The summed E-state index contributed by atoms with van der Waals surface area (Å²) >= 11 is 0. The normalized spacial score (nSPS) is 10.8. The number of rotatable bonds is 5. The Labute approximate surface area is 128 Å². The van der Waals surface area contributed by atoms with Gasteiger partial charge in [-0.15, -0.1) is 0 Å². The van der Waals surface area contributed by atoms with E-state index in [-0.39, 0.29) is 16.1 Å². The highest BCUT2D eigenvalue weighted by molar-refractivity contribution is 7.92. The molecule has 2 rings (SSSR count). The van der Waals surface area contributed by atoms with Gasteiger partial charge in [0.1, 0.15) is 0 Å². The molecule has 114 valence electrons. The highest BCUT2D eigenvalue weighted by atomic mass is 32.2. The molecule has 0 unspecified atom stereocenters. The molecule has 6 nitrogen and oxygen atoms in total. The van der Waals surface area contributed by atoms with Crippen LogP contribution < -0.4 is 10.0 Å². The van der Waals surface area contributed by atoms with E-state index in [0.717, 1.165) is 0 Å². The number of para-hydroxylation sites is 1. The summed E-state index contributed by atoms with van der Waals surface area (Å²) < 4.78 is 26.9. The van der Waals surface area contributed by atoms with Crippen molar-refractivity contribution in [2.24, 2.45) is 0 Å². The predicted molar refractivity (Wildman–Crippen MR) is 82.1 cm³/mol. The predicted octanol–water partition coefficient (Wildman–Crippen LogP) is 1.42. The number of benzene rings is 2. The van der Waals surface area contributed by atoms with Crippen molar-refractivity contribution in [3.63, 3.8) is 0 Å². The van der Waals surface area contributed by atoms with E-state index in [1.54, 1.807) is 30.3 Å². The van der Waals surface area contributed by atoms with E-state index in [1.807, 2.05) is 0 Å². The maximum Gasteiger partial charge on any atom is 0.292 e. The molecule has 0 aliphatic carbocycles. The number of hydrogen-bond donors (Lipinski definition) is 2. The van der Waals surface area contributed by atoms with Crippen molar-refractivity contribution in [3.05, 3.63) is 60.2 Å². The maximum absolute atomic E-state index is 12.3. The summed E-state index contributed by atoms with van der Waals surface area (Å²) in [6.07, 6.45) is 0. The Morgan fingerprint density at radius 2 is 1.50 bits per heavy atom. The Morgan fingerprint density at radius 1 is 0.909 bits per heavy atom. The maximum atomic E-state index is 12.3. The number of carbonyl (C=O) groups excluding carboxylic acids is 2. The van der Waals surface area contributed by atoms with Crippen molar-refractivity contribution in [2.75, 3.05) is 11.8 Å². The van der Waals surface area contributed by atoms with Crippen molar-refractivity contribution >= 4 is 27.4 Å². The lowest BCUT2D eigenvalue weighted by Crippen LogP contribution is -2.28. The van der Waals surface area contributed by atoms with Gasteiger partial charge in [0.05, 0.1) is 16.1 Å². The van der Waals surface area contributed by atoms with Crippen LogP contribution in [0.5, 0.6) is 0 Å². The molecule has 0 radical (unpaired) electrons. The zero-order chi connectivity index (χ0) is 16.2. The highest BCUT2D eigenvalue weighted by Crippen LogP contribution is 2.20. The lowest BCUT2D eigenvalue weighted by molar-refractivity contribution is -0.116. The Hall–Kier alpha value is -2.67. The molecule has 7 heteroatoms. The Bertz CT molecular complexity index is 801. The average molecular weight is 318 g/mol. The van der Waals surface area contributed by atoms with Gasteiger partial charge in [0.2, 0.25) is 0 Å². The molecule has 0 aliphatic rings. The highest BCUT2D eigenvalue weighted by Gasteiger charge is 2.21. The smallest absolute Gasteiger partial charge is 0.292 e. The standard InChI is InChI=1S/C15H14N2O4S/c1-16-15(19)14(18)12-9-5-6-10-13(12)17-22(20,21)11-7-3-2-4-8-11/h2-10,17H,1H3,(H,16,19). The van der Waals surface area contributed by atoms with Crippen LogP contribution in [0, 0.1) is 0 Å². The first-order valence-corrected chi connectivity index (χ1v) is 7.87. The van der Waals surface area contributed by atoms with Crippen LogP contribution in [0.3, 0.4) is 0 Å². The summed E-state index contributed by atoms with van der Waals surface area (Å²) in [5, 5.41) is 2.22. The molecule has 0 aromatic heterocycles. The minimum atomic E-state index is -3.84. The largest absolute Gasteiger partial charge is 0.352 e. The van der Waals surface area contributed by atoms with Gasteiger partial charge in [0, 0.05) is 7.05 Å². The molecular weight excluding hydrogens is 304 g/mol. The summed E-state index contributed by atoms with van der Waals surface area (Å²) in [4.78, 5) is 23.5. The van der Waals surface area contributed by atoms with Crippen molar-refractivity contribution in [3.8, 4) is 0 Å². The van der Waals surface area contributed by atoms with Gasteiger partial charge in [-0.25, -0.2) is 8.42 Å². The molecule has 0 fully saturated rings. The van der Waals surface area contributed by atoms with E-state index in [2.05, 4.69) is 10.0 Å². The van der Waals surface area contributed by atoms with E-state index in [1.165, 1.54) is 31.3 Å². The summed E-state index contributed by atoms with van der Waals surface area (Å²) in [6.45, 7) is 0. The minimum absolute atomic E-state index is 0.0126. The lowest BCUT2D eigenvalue weighted by Gasteiger charge is -2.11. The molecule has 0 saturated carbocycles. The molecule has 0 bridgehead atoms. The molecule has 2 aromatic rings. The second kappa shape index (κ2) is 6.40. The quantitative estimate of drug-likeness (QED) is 0.644. The third-order valence-corrected chi connectivity index (χ3v) is 4.28. The number of ketones is 1. The first kappa shape index (κ1) is 15.7. The number of carbonyl (C=O) groups is 2. The van der Waals surface area contributed by atoms with Crippen LogP contribution in [0.25, 0.3) is 0 Å². The Balaban J connectivity index is 2.39. The number of nitrogens with one attached hydrogen (secondary N) is 2. The first-order chi connectivity index (χ1) is 10.5. The van der Waals surface area contributed by atoms with Crippen LogP contribution in [0.2, 0.25) is 0 Å². The molecule has 0 atom stereocenters. The molecule has 0 spiro atoms. The fraction of sp³-hybridized carbons (Fsp3) is 0.0667. The molecule has 0 saturated heterocycles. The molecule has 22 heavy (non-hydrogen) atoms. The monoisotopic (exact) mass is 318 g/mol. The number of anilines is 1. The SMILES string of the molecule is CNC(=O)C(=O)c1ccccc1NS(=O)(=O)c1ccccc1. The summed E-state index contributed by atoms with van der Waals surface area (Å²) in [5.41, 5.74) is 0.0429. The lowest BCUT2D eigenvalue weighted by atomic mass is 10.1. The van der Waals surface area contributed by atoms with E-state index in [9.17, 15) is 18.0 Å². The van der Waals surface area contributed by atoms with Crippen LogP contribution >= 0.6 is 0 Å². The summed E-state index contributed by atoms with van der Waals surface area (Å²) in [7, 11) is -2.51. The second-order valence-corrected chi connectivity index (χ2v) is 6.05. The van der Waals surface area contributed by atoms with Gasteiger partial charge >= 0.3 is 0 Å². The zero-order valence-electron chi connectivity index (χ0n) is 11.7. The van der Waals surface area contributed by atoms with Crippen LogP contribution in [-0.2, 0) is 14.8 Å². The number of amides is 1. The average Bonchev–Trinajstić information content (AvgIpc) is 2.54. The molecule has 2 N–H and O–H groups in total. The minimum Gasteiger partial charge on any atom is -0.352 e. The summed E-state index contributed by atoms with van der Waals surface area (Å²) in [6, 6.07) is 13.7. The number of sulfonamides is 1. The van der Waals surface area contributed by atoms with Crippen LogP contribution in [0.15, 0.2) is 59.5 Å². The topological polar surface area (TPSA) is 92.3 Å². The molecule has 2 aromatic carbocycles. The molecule has 1 amide bonds. The molecule has 0 aliphatic heterocycles. The van der Waals surface area contributed by atoms with Gasteiger partial charge < -0.3 is 5.32 Å². The van der Waals surface area contributed by atoms with E-state index < -0.39 is 21.7 Å². The Kier molecular flexibility index (Phi) is 4.57. The fourth-order valence-electron chi connectivity index (χ4n) is 1.81. The van der Waals surface area contributed by atoms with Crippen molar-refractivity contribution in [1.29, 1.82) is 0 Å². The van der Waals surface area contributed by atoms with Gasteiger partial charge in [0.15, 0.2) is 0 Å². The van der Waals surface area contributed by atoms with E-state index >= 15 is 0 Å². The van der Waals surface area contributed by atoms with Gasteiger partial charge in [0.25, 0.3) is 21.7 Å². The number of hydrogen-bond acceptors (Lipinski definition) is 4. The van der Waals surface area contributed by atoms with Gasteiger partial charge in [-0.05, 0) is 24.3 Å². The summed E-state index contributed by atoms with van der Waals surface area (Å²) in [5.74, 6) is -1.62. The van der Waals surface area contributed by atoms with Crippen LogP contribution in [0.1, 0.15) is 10.4 Å². The van der Waals surface area contributed by atoms with Crippen molar-refractivity contribution in [1.82, 2.24) is 5.32 Å². The zero-order valence-corrected chi connectivity index (χ0v) is 12.6. The van der Waals surface area contributed by atoms with Crippen LogP contribution in [-0.4, -0.2) is 27.2 Å². The van der Waals surface area contributed by atoms with E-state index in [0.29, 0.717) is 0 Å². The van der Waals surface area contributed by atoms with Crippen molar-refractivity contribution in [2.45, 2.75) is 4.90 Å². The fourth-order valence-corrected chi connectivity index (χ4v) is 2.91. The van der Waals surface area contributed by atoms with Crippen LogP contribution in [0.4, 0.5) is 5.69 Å². The van der Waals surface area contributed by atoms with E-state index in [4.69, 9.17) is 0 Å². The third-order valence-electron chi connectivity index (χ3n) is 2.90.